The van der Waals surface area contributed by atoms with Crippen molar-refractivity contribution < 1.29 is 54.9 Å². The summed E-state index contributed by atoms with van der Waals surface area (Å²) in [5.74, 6) is -2.84. The van der Waals surface area contributed by atoms with Gasteiger partial charge < -0.3 is 45.8 Å². The van der Waals surface area contributed by atoms with Crippen LogP contribution in [0.3, 0.4) is 0 Å². The lowest BCUT2D eigenvalue weighted by Crippen LogP contribution is -2.62. The fourth-order valence-electron chi connectivity index (χ4n) is 11.1. The van der Waals surface area contributed by atoms with Crippen molar-refractivity contribution in [1.82, 2.24) is 5.32 Å². The van der Waals surface area contributed by atoms with Gasteiger partial charge in [-0.2, -0.15) is 0 Å². The molecule has 12 heteroatoms. The average Bonchev–Trinajstić information content (AvgIpc) is 3.26. The maximum atomic E-state index is 13.2. The van der Waals surface area contributed by atoms with Crippen molar-refractivity contribution in [1.29, 1.82) is 0 Å². The van der Waals surface area contributed by atoms with Gasteiger partial charge in [0.2, 0.25) is 5.91 Å². The first kappa shape index (κ1) is 40.7. The number of esters is 1. The topological polar surface area (TPSA) is 214 Å². The molecule has 0 unspecified atom stereocenters. The van der Waals surface area contributed by atoms with Crippen molar-refractivity contribution in [3.8, 4) is 0 Å². The van der Waals surface area contributed by atoms with Crippen LogP contribution in [0.5, 0.6) is 0 Å². The minimum Gasteiger partial charge on any atom is -0.480 e. The van der Waals surface area contributed by atoms with Crippen LogP contribution in [0.4, 0.5) is 0 Å². The summed E-state index contributed by atoms with van der Waals surface area (Å²) in [5, 5.41) is 76.9. The van der Waals surface area contributed by atoms with E-state index in [4.69, 9.17) is 9.84 Å². The molecule has 286 valence electrons. The van der Waals surface area contributed by atoms with Crippen LogP contribution in [0, 0.1) is 39.4 Å². The number of nitrogens with one attached hydrogen (secondary N) is 1. The molecule has 0 saturated heterocycles. The second-order valence-electron chi connectivity index (χ2n) is 18.2. The first-order chi connectivity index (χ1) is 22.8. The molecule has 0 aromatic rings. The van der Waals surface area contributed by atoms with Gasteiger partial charge in [0, 0.05) is 17.4 Å². The quantitative estimate of drug-likeness (QED) is 0.103. The zero-order valence-electron chi connectivity index (χ0n) is 31.3. The fourth-order valence-corrected chi connectivity index (χ4v) is 11.1. The highest BCUT2D eigenvalue weighted by molar-refractivity contribution is 5.82. The average molecular weight is 710 g/mol. The van der Waals surface area contributed by atoms with Crippen LogP contribution < -0.4 is 5.32 Å². The number of carboxylic acid groups (broad SMARTS) is 1. The molecule has 0 aromatic carbocycles. The van der Waals surface area contributed by atoms with E-state index in [0.29, 0.717) is 25.7 Å². The SMILES string of the molecule is CC(C)(O)[C@H](O)CC[C@@H](CO)[C@H]1CC[C@@]2(C)C3=C(C[C@@H](O)[C@@]12C)[C@]1(C)C[C@@H](O)[C@H](OC(=O)C[C@](C)(O)CC(=O)NCC(=O)O)C(C)(C)[C@H]1CC3. The van der Waals surface area contributed by atoms with E-state index in [9.17, 15) is 45.0 Å². The first-order valence-electron chi connectivity index (χ1n) is 18.4. The Balaban J connectivity index is 1.55. The van der Waals surface area contributed by atoms with Gasteiger partial charge in [-0.1, -0.05) is 45.8 Å². The van der Waals surface area contributed by atoms with Gasteiger partial charge in [0.05, 0.1) is 42.4 Å². The monoisotopic (exact) mass is 709 g/mol. The number of ether oxygens (including phenoxy) is 1. The molecule has 2 saturated carbocycles. The van der Waals surface area contributed by atoms with E-state index in [-0.39, 0.29) is 29.8 Å². The van der Waals surface area contributed by atoms with Crippen LogP contribution in [0.15, 0.2) is 11.1 Å². The van der Waals surface area contributed by atoms with Gasteiger partial charge in [-0.15, -0.1) is 0 Å². The number of amides is 1. The lowest BCUT2D eigenvalue weighted by molar-refractivity contribution is -0.198. The Morgan fingerprint density at radius 3 is 2.20 bits per heavy atom. The summed E-state index contributed by atoms with van der Waals surface area (Å²) < 4.78 is 5.91. The lowest BCUT2D eigenvalue weighted by atomic mass is 9.42. The molecular formula is C38H63NO11. The minimum absolute atomic E-state index is 0.00290. The second-order valence-corrected chi connectivity index (χ2v) is 18.2. The molecule has 4 aliphatic carbocycles. The number of carbonyl (C=O) groups excluding carboxylic acids is 2. The molecule has 0 aromatic heterocycles. The predicted molar refractivity (Wildman–Crippen MR) is 184 cm³/mol. The highest BCUT2D eigenvalue weighted by Gasteiger charge is 2.67. The maximum Gasteiger partial charge on any atom is 0.322 e. The smallest absolute Gasteiger partial charge is 0.322 e. The summed E-state index contributed by atoms with van der Waals surface area (Å²) in [6, 6.07) is 0. The zero-order chi connectivity index (χ0) is 37.8. The number of fused-ring (bicyclic) bond motifs is 4. The highest BCUT2D eigenvalue weighted by Crippen LogP contribution is 2.72. The van der Waals surface area contributed by atoms with E-state index in [0.717, 1.165) is 25.7 Å². The maximum absolute atomic E-state index is 13.2. The number of carbonyl (C=O) groups is 3. The van der Waals surface area contributed by atoms with Gasteiger partial charge in [-0.25, -0.2) is 0 Å². The van der Waals surface area contributed by atoms with E-state index in [1.165, 1.54) is 18.1 Å². The third kappa shape index (κ3) is 7.26. The van der Waals surface area contributed by atoms with Gasteiger partial charge >= 0.3 is 11.9 Å². The van der Waals surface area contributed by atoms with Crippen LogP contribution in [0.25, 0.3) is 0 Å². The number of aliphatic hydroxyl groups excluding tert-OH is 4. The Labute approximate surface area is 296 Å². The van der Waals surface area contributed by atoms with Crippen LogP contribution in [-0.2, 0) is 19.1 Å². The minimum atomic E-state index is -1.79. The molecule has 0 bridgehead atoms. The Morgan fingerprint density at radius 2 is 1.62 bits per heavy atom. The molecule has 50 heavy (non-hydrogen) atoms. The Hall–Kier alpha value is -2.09. The summed E-state index contributed by atoms with van der Waals surface area (Å²) in [6.07, 6.45) is 0.358. The van der Waals surface area contributed by atoms with Gasteiger partial charge in [0.25, 0.3) is 0 Å². The van der Waals surface area contributed by atoms with Crippen molar-refractivity contribution in [3.05, 3.63) is 11.1 Å². The molecule has 0 spiro atoms. The standard InChI is InChI=1S/C38H63NO11/c1-33(2)26-11-10-23-24(15-28(43)38(8)22(13-14-37(23,38)7)21(20-40)9-12-27(42)34(3,4)48)36(26,6)16-25(41)32(33)50-31(47)18-35(5,49)17-29(44)39-19-30(45)46/h21-22,25-28,32,40-43,48-49H,9-20H2,1-8H3,(H,39,44)(H,45,46)/t21-,22+,25+,26+,27+,28+,32-,35+,36-,37-,38+/m0/s1. The lowest BCUT2D eigenvalue weighted by Gasteiger charge is -2.64. The van der Waals surface area contributed by atoms with Gasteiger partial charge in [-0.3, -0.25) is 14.4 Å². The van der Waals surface area contributed by atoms with Crippen LogP contribution in [0.1, 0.15) is 120 Å². The molecule has 0 aliphatic heterocycles. The molecule has 1 amide bonds. The Bertz CT molecular complexity index is 1340. The second kappa shape index (κ2) is 14.0. The van der Waals surface area contributed by atoms with Crippen LogP contribution >= 0.6 is 0 Å². The van der Waals surface area contributed by atoms with Crippen molar-refractivity contribution >= 4 is 17.8 Å². The summed E-state index contributed by atoms with van der Waals surface area (Å²) in [5.41, 5.74) is -2.56. The largest absolute Gasteiger partial charge is 0.480 e. The summed E-state index contributed by atoms with van der Waals surface area (Å²) in [6.45, 7) is 14.3. The van der Waals surface area contributed by atoms with Crippen LogP contribution in [-0.4, -0.2) is 102 Å². The fraction of sp³-hybridized carbons (Fsp3) is 0.868. The molecule has 4 aliphatic rings. The number of hydrogen-bond donors (Lipinski definition) is 8. The van der Waals surface area contributed by atoms with Crippen molar-refractivity contribution in [2.75, 3.05) is 13.2 Å². The molecule has 0 heterocycles. The highest BCUT2D eigenvalue weighted by atomic mass is 16.6. The van der Waals surface area contributed by atoms with E-state index in [2.05, 4.69) is 26.1 Å². The van der Waals surface area contributed by atoms with Crippen molar-refractivity contribution in [3.63, 3.8) is 0 Å². The summed E-state index contributed by atoms with van der Waals surface area (Å²) in [7, 11) is 0. The van der Waals surface area contributed by atoms with Gasteiger partial charge in [0.1, 0.15) is 12.6 Å². The summed E-state index contributed by atoms with van der Waals surface area (Å²) >= 11 is 0. The normalized spacial score (nSPS) is 37.4. The third-order valence-electron chi connectivity index (χ3n) is 14.0. The molecule has 2 fully saturated rings. The predicted octanol–water partition coefficient (Wildman–Crippen LogP) is 2.84. The number of hydrogen-bond acceptors (Lipinski definition) is 10. The molecular weight excluding hydrogens is 646 g/mol. The molecule has 8 N–H and O–H groups in total. The van der Waals surface area contributed by atoms with Crippen LogP contribution in [0.2, 0.25) is 0 Å². The van der Waals surface area contributed by atoms with E-state index in [1.54, 1.807) is 13.8 Å². The Morgan fingerprint density at radius 1 is 0.980 bits per heavy atom. The first-order valence-corrected chi connectivity index (χ1v) is 18.4. The van der Waals surface area contributed by atoms with E-state index in [1.807, 2.05) is 13.8 Å². The van der Waals surface area contributed by atoms with Gasteiger partial charge in [-0.05, 0) is 101 Å². The van der Waals surface area contributed by atoms with Gasteiger partial charge in [0.15, 0.2) is 0 Å². The summed E-state index contributed by atoms with van der Waals surface area (Å²) in [4.78, 5) is 36.0. The molecule has 0 radical (unpaired) electrons. The molecule has 12 nitrogen and oxygen atoms in total. The van der Waals surface area contributed by atoms with E-state index >= 15 is 0 Å². The van der Waals surface area contributed by atoms with E-state index < -0.39 is 89.1 Å². The number of allylic oxidation sites excluding steroid dienone is 1. The molecule has 4 rings (SSSR count). The Kier molecular flexibility index (Phi) is 11.4. The number of aliphatic carboxylic acids is 1. The number of carboxylic acids is 1. The number of aliphatic hydroxyl groups is 6. The van der Waals surface area contributed by atoms with Crippen molar-refractivity contribution in [2.45, 2.75) is 155 Å². The van der Waals surface area contributed by atoms with Crippen molar-refractivity contribution in [2.24, 2.45) is 39.4 Å². The number of rotatable bonds is 13. The molecule has 11 atom stereocenters. The zero-order valence-corrected chi connectivity index (χ0v) is 31.3. The third-order valence-corrected chi connectivity index (χ3v) is 14.0.